The zero-order valence-electron chi connectivity index (χ0n) is 10.7. The molecule has 5 aliphatic rings. The van der Waals surface area contributed by atoms with Gasteiger partial charge in [-0.25, -0.2) is 5.84 Å². The highest BCUT2D eigenvalue weighted by molar-refractivity contribution is 5.99. The number of hydrazine groups is 1. The molecule has 0 aromatic rings. The summed E-state index contributed by atoms with van der Waals surface area (Å²) >= 11 is 0. The minimum atomic E-state index is 0.0873. The average Bonchev–Trinajstić information content (AvgIpc) is 2.51. The molecule has 0 aromatic carbocycles. The van der Waals surface area contributed by atoms with E-state index in [1.807, 2.05) is 0 Å². The van der Waals surface area contributed by atoms with Gasteiger partial charge in [0.2, 0.25) is 0 Å². The largest absolute Gasteiger partial charge is 0.510 e. The maximum Gasteiger partial charge on any atom is 0.142 e. The van der Waals surface area contributed by atoms with Gasteiger partial charge in [0.15, 0.2) is 0 Å². The molecule has 0 atom stereocenters. The number of nitrogens with two attached hydrogens (primary N) is 1. The lowest BCUT2D eigenvalue weighted by molar-refractivity contribution is -0.0288. The predicted octanol–water partition coefficient (Wildman–Crippen LogP) is 2.18. The van der Waals surface area contributed by atoms with Crippen LogP contribution in [0.5, 0.6) is 0 Å². The fourth-order valence-electron chi connectivity index (χ4n) is 5.57. The number of aliphatic hydroxyl groups excluding tert-OH is 1. The third kappa shape index (κ3) is 1.27. The molecule has 0 radical (unpaired) electrons. The van der Waals surface area contributed by atoms with Gasteiger partial charge in [0.05, 0.1) is 6.54 Å². The Hall–Kier alpha value is -1.03. The van der Waals surface area contributed by atoms with Gasteiger partial charge in [-0.1, -0.05) is 0 Å². The van der Waals surface area contributed by atoms with E-state index in [0.29, 0.717) is 18.1 Å². The molecule has 1 aliphatic heterocycles. The molecule has 0 saturated heterocycles. The standard InChI is InChI=1S/C14H21N3O/c15-13-12(11(18)7-17(13)16)14-4-8-1-9(5-14)3-10(2-8)6-14/h8-10,15,18H,1-7,16H2. The second-order valence-electron chi connectivity index (χ2n) is 7.00. The number of nitrogens with one attached hydrogen (secondary N) is 1. The molecule has 1 heterocycles. The predicted molar refractivity (Wildman–Crippen MR) is 68.9 cm³/mol. The summed E-state index contributed by atoms with van der Waals surface area (Å²) in [6, 6.07) is 0. The van der Waals surface area contributed by atoms with Gasteiger partial charge < -0.3 is 5.11 Å². The van der Waals surface area contributed by atoms with Crippen molar-refractivity contribution in [2.75, 3.05) is 6.54 Å². The minimum Gasteiger partial charge on any atom is -0.510 e. The van der Waals surface area contributed by atoms with Crippen LogP contribution in [-0.4, -0.2) is 22.5 Å². The summed E-state index contributed by atoms with van der Waals surface area (Å²) in [6.07, 6.45) is 7.67. The van der Waals surface area contributed by atoms with Crippen molar-refractivity contribution in [1.29, 1.82) is 5.41 Å². The van der Waals surface area contributed by atoms with E-state index in [1.165, 1.54) is 43.5 Å². The summed E-state index contributed by atoms with van der Waals surface area (Å²) in [7, 11) is 0. The molecule has 4 N–H and O–H groups in total. The maximum absolute atomic E-state index is 10.2. The first-order chi connectivity index (χ1) is 8.57. The van der Waals surface area contributed by atoms with E-state index in [9.17, 15) is 5.11 Å². The number of rotatable bonds is 1. The number of amidine groups is 1. The van der Waals surface area contributed by atoms with Gasteiger partial charge in [0.1, 0.15) is 11.6 Å². The molecule has 4 saturated carbocycles. The molecule has 4 nitrogen and oxygen atoms in total. The second-order valence-corrected chi connectivity index (χ2v) is 7.00. The Labute approximate surface area is 107 Å². The SMILES string of the molecule is N=C1C(C23CC4CC(CC(C4)C2)C3)=C(O)CN1N. The van der Waals surface area contributed by atoms with Crippen LogP contribution in [0.3, 0.4) is 0 Å². The van der Waals surface area contributed by atoms with Crippen LogP contribution >= 0.6 is 0 Å². The van der Waals surface area contributed by atoms with Crippen molar-refractivity contribution in [3.63, 3.8) is 0 Å². The second kappa shape index (κ2) is 3.29. The molecule has 98 valence electrons. The first-order valence-corrected chi connectivity index (χ1v) is 7.11. The quantitative estimate of drug-likeness (QED) is 0.622. The van der Waals surface area contributed by atoms with E-state index in [-0.39, 0.29) is 5.41 Å². The van der Waals surface area contributed by atoms with Gasteiger partial charge >= 0.3 is 0 Å². The molecule has 4 fully saturated rings. The van der Waals surface area contributed by atoms with Crippen LogP contribution in [0.1, 0.15) is 38.5 Å². The maximum atomic E-state index is 10.2. The van der Waals surface area contributed by atoms with Crippen molar-refractivity contribution < 1.29 is 5.11 Å². The molecule has 0 aromatic heterocycles. The van der Waals surface area contributed by atoms with Crippen LogP contribution in [0.25, 0.3) is 0 Å². The summed E-state index contributed by atoms with van der Waals surface area (Å²) in [5, 5.41) is 19.8. The van der Waals surface area contributed by atoms with E-state index >= 15 is 0 Å². The van der Waals surface area contributed by atoms with Crippen molar-refractivity contribution in [3.05, 3.63) is 11.3 Å². The first kappa shape index (κ1) is 10.9. The highest BCUT2D eigenvalue weighted by atomic mass is 16.3. The van der Waals surface area contributed by atoms with Crippen LogP contribution in [-0.2, 0) is 0 Å². The zero-order valence-corrected chi connectivity index (χ0v) is 10.7. The van der Waals surface area contributed by atoms with Crippen LogP contribution in [0.15, 0.2) is 11.3 Å². The number of hydrogen-bond acceptors (Lipinski definition) is 3. The van der Waals surface area contributed by atoms with Crippen LogP contribution in [0.2, 0.25) is 0 Å². The highest BCUT2D eigenvalue weighted by Crippen LogP contribution is 2.63. The summed E-state index contributed by atoms with van der Waals surface area (Å²) < 4.78 is 0. The van der Waals surface area contributed by atoms with Crippen molar-refractivity contribution >= 4 is 5.84 Å². The zero-order chi connectivity index (χ0) is 12.5. The Bertz CT molecular complexity index is 419. The van der Waals surface area contributed by atoms with Gasteiger partial charge in [-0.3, -0.25) is 10.4 Å². The van der Waals surface area contributed by atoms with Crippen molar-refractivity contribution in [3.8, 4) is 0 Å². The van der Waals surface area contributed by atoms with Gasteiger partial charge in [-0.05, 0) is 56.3 Å². The number of nitrogens with zero attached hydrogens (tertiary/aromatic N) is 1. The Kier molecular flexibility index (Phi) is 1.99. The first-order valence-electron chi connectivity index (χ1n) is 7.11. The number of aliphatic hydroxyl groups is 1. The van der Waals surface area contributed by atoms with Crippen molar-refractivity contribution in [1.82, 2.24) is 5.01 Å². The molecule has 0 unspecified atom stereocenters. The molecule has 0 amide bonds. The third-order valence-corrected chi connectivity index (χ3v) is 5.70. The van der Waals surface area contributed by atoms with E-state index in [0.717, 1.165) is 23.3 Å². The Morgan fingerprint density at radius 2 is 1.61 bits per heavy atom. The van der Waals surface area contributed by atoms with E-state index < -0.39 is 0 Å². The summed E-state index contributed by atoms with van der Waals surface area (Å²) in [6.45, 7) is 0.329. The topological polar surface area (TPSA) is 73.3 Å². The minimum absolute atomic E-state index is 0.0873. The fourth-order valence-corrected chi connectivity index (χ4v) is 5.57. The molecular formula is C14H21N3O. The normalized spacial score (nSPS) is 46.4. The monoisotopic (exact) mass is 247 g/mol. The average molecular weight is 247 g/mol. The molecule has 0 spiro atoms. The Morgan fingerprint density at radius 1 is 1.11 bits per heavy atom. The van der Waals surface area contributed by atoms with Gasteiger partial charge in [0, 0.05) is 11.0 Å². The smallest absolute Gasteiger partial charge is 0.142 e. The summed E-state index contributed by atoms with van der Waals surface area (Å²) in [4.78, 5) is 0. The Balaban J connectivity index is 1.76. The Morgan fingerprint density at radius 3 is 2.00 bits per heavy atom. The molecular weight excluding hydrogens is 226 g/mol. The lowest BCUT2D eigenvalue weighted by Gasteiger charge is -2.57. The molecule has 5 rings (SSSR count). The van der Waals surface area contributed by atoms with Gasteiger partial charge in [0.25, 0.3) is 0 Å². The summed E-state index contributed by atoms with van der Waals surface area (Å²) in [5.74, 6) is 9.01. The van der Waals surface area contributed by atoms with E-state index in [1.54, 1.807) is 0 Å². The molecule has 4 heteroatoms. The van der Waals surface area contributed by atoms with Crippen LogP contribution < -0.4 is 5.84 Å². The van der Waals surface area contributed by atoms with Crippen LogP contribution in [0.4, 0.5) is 0 Å². The lowest BCUT2D eigenvalue weighted by Crippen LogP contribution is -2.49. The number of hydrogen-bond donors (Lipinski definition) is 3. The fraction of sp³-hybridized carbons (Fsp3) is 0.786. The van der Waals surface area contributed by atoms with E-state index in [2.05, 4.69) is 0 Å². The molecule has 4 aliphatic carbocycles. The molecule has 4 bridgehead atoms. The lowest BCUT2D eigenvalue weighted by atomic mass is 9.47. The van der Waals surface area contributed by atoms with E-state index in [4.69, 9.17) is 11.3 Å². The third-order valence-electron chi connectivity index (χ3n) is 5.70. The van der Waals surface area contributed by atoms with Crippen LogP contribution in [0, 0.1) is 28.6 Å². The van der Waals surface area contributed by atoms with Gasteiger partial charge in [-0.2, -0.15) is 0 Å². The van der Waals surface area contributed by atoms with Crippen molar-refractivity contribution in [2.24, 2.45) is 29.0 Å². The van der Waals surface area contributed by atoms with Gasteiger partial charge in [-0.15, -0.1) is 0 Å². The van der Waals surface area contributed by atoms with Crippen molar-refractivity contribution in [2.45, 2.75) is 38.5 Å². The molecule has 18 heavy (non-hydrogen) atoms. The highest BCUT2D eigenvalue weighted by Gasteiger charge is 2.55. The summed E-state index contributed by atoms with van der Waals surface area (Å²) in [5.41, 5.74) is 0.980.